The molecule has 1 heterocycles. The van der Waals surface area contributed by atoms with E-state index in [4.69, 9.17) is 5.73 Å². The Labute approximate surface area is 141 Å². The van der Waals surface area contributed by atoms with E-state index in [1.165, 1.54) is 0 Å². The Morgan fingerprint density at radius 1 is 1.25 bits per heavy atom. The highest BCUT2D eigenvalue weighted by molar-refractivity contribution is 5.86. The second-order valence-electron chi connectivity index (χ2n) is 5.89. The van der Waals surface area contributed by atoms with Crippen LogP contribution in [0, 0.1) is 5.92 Å². The molecule has 0 bridgehead atoms. The van der Waals surface area contributed by atoms with Crippen LogP contribution < -0.4 is 16.4 Å². The lowest BCUT2D eigenvalue weighted by Gasteiger charge is -2.20. The van der Waals surface area contributed by atoms with Crippen molar-refractivity contribution in [2.45, 2.75) is 26.3 Å². The molecule has 7 heteroatoms. The molecule has 1 aromatic carbocycles. The number of nitrogens with two attached hydrogens (primary N) is 1. The number of rotatable bonds is 7. The van der Waals surface area contributed by atoms with Gasteiger partial charge in [0.1, 0.15) is 6.04 Å². The maximum Gasteiger partial charge on any atom is 0.312 e. The lowest BCUT2D eigenvalue weighted by molar-refractivity contribution is -0.123. The smallest absolute Gasteiger partial charge is 0.312 e. The van der Waals surface area contributed by atoms with E-state index >= 15 is 0 Å². The summed E-state index contributed by atoms with van der Waals surface area (Å²) < 4.78 is 1.79. The average molecular weight is 329 g/mol. The van der Waals surface area contributed by atoms with Crippen LogP contribution in [0.1, 0.15) is 19.4 Å². The molecule has 1 aromatic heterocycles. The van der Waals surface area contributed by atoms with Crippen molar-refractivity contribution in [1.29, 1.82) is 0 Å². The summed E-state index contributed by atoms with van der Waals surface area (Å²) in [5.41, 5.74) is 7.20. The molecule has 0 saturated heterocycles. The van der Waals surface area contributed by atoms with E-state index < -0.39 is 12.1 Å². The quantitative estimate of drug-likeness (QED) is 0.712. The molecular weight excluding hydrogens is 306 g/mol. The summed E-state index contributed by atoms with van der Waals surface area (Å²) >= 11 is 0. The van der Waals surface area contributed by atoms with E-state index in [1.807, 2.05) is 50.4 Å². The van der Waals surface area contributed by atoms with Crippen molar-refractivity contribution in [3.63, 3.8) is 0 Å². The van der Waals surface area contributed by atoms with Gasteiger partial charge in [-0.25, -0.2) is 9.48 Å². The Morgan fingerprint density at radius 3 is 2.50 bits per heavy atom. The fourth-order valence-corrected chi connectivity index (χ4v) is 2.37. The van der Waals surface area contributed by atoms with Gasteiger partial charge in [-0.2, -0.15) is 5.10 Å². The Kier molecular flexibility index (Phi) is 5.95. The molecule has 4 N–H and O–H groups in total. The summed E-state index contributed by atoms with van der Waals surface area (Å²) in [5, 5.41) is 9.48. The van der Waals surface area contributed by atoms with Gasteiger partial charge in [-0.05, 0) is 36.1 Å². The largest absolute Gasteiger partial charge is 0.354 e. The van der Waals surface area contributed by atoms with Crippen LogP contribution in [0.4, 0.5) is 4.79 Å². The van der Waals surface area contributed by atoms with E-state index in [9.17, 15) is 9.59 Å². The minimum atomic E-state index is -0.696. The van der Waals surface area contributed by atoms with Crippen LogP contribution in [-0.2, 0) is 11.2 Å². The number of primary amides is 1. The monoisotopic (exact) mass is 329 g/mol. The Hall–Kier alpha value is -2.83. The molecule has 1 unspecified atom stereocenters. The van der Waals surface area contributed by atoms with E-state index in [1.54, 1.807) is 10.9 Å². The average Bonchev–Trinajstić information content (AvgIpc) is 3.07. The van der Waals surface area contributed by atoms with Crippen molar-refractivity contribution in [2.24, 2.45) is 11.7 Å². The molecule has 0 aliphatic heterocycles. The van der Waals surface area contributed by atoms with Crippen molar-refractivity contribution in [3.8, 4) is 5.69 Å². The molecule has 1 atom stereocenters. The van der Waals surface area contributed by atoms with Gasteiger partial charge in [0, 0.05) is 18.9 Å². The number of carbonyl (C=O) groups is 2. The van der Waals surface area contributed by atoms with Crippen molar-refractivity contribution in [2.75, 3.05) is 6.54 Å². The molecule has 0 aliphatic carbocycles. The third-order valence-electron chi connectivity index (χ3n) is 3.67. The molecule has 2 aromatic rings. The highest BCUT2D eigenvalue weighted by atomic mass is 16.2. The highest BCUT2D eigenvalue weighted by Crippen LogP contribution is 2.09. The van der Waals surface area contributed by atoms with Gasteiger partial charge in [-0.15, -0.1) is 0 Å². The van der Waals surface area contributed by atoms with Gasteiger partial charge in [0.2, 0.25) is 5.91 Å². The zero-order chi connectivity index (χ0) is 17.5. The number of urea groups is 1. The van der Waals surface area contributed by atoms with E-state index in [2.05, 4.69) is 15.7 Å². The predicted molar refractivity (Wildman–Crippen MR) is 91.6 cm³/mol. The minimum absolute atomic E-state index is 0.0362. The third-order valence-corrected chi connectivity index (χ3v) is 3.67. The van der Waals surface area contributed by atoms with Crippen molar-refractivity contribution >= 4 is 11.9 Å². The zero-order valence-electron chi connectivity index (χ0n) is 13.9. The molecular formula is C17H23N5O2. The summed E-state index contributed by atoms with van der Waals surface area (Å²) in [7, 11) is 0. The lowest BCUT2D eigenvalue weighted by Crippen LogP contribution is -2.51. The number of carbonyl (C=O) groups excluding carboxylic acids is 2. The van der Waals surface area contributed by atoms with Gasteiger partial charge in [-0.1, -0.05) is 26.0 Å². The van der Waals surface area contributed by atoms with Gasteiger partial charge < -0.3 is 16.4 Å². The van der Waals surface area contributed by atoms with Crippen LogP contribution in [0.2, 0.25) is 0 Å². The second-order valence-corrected chi connectivity index (χ2v) is 5.89. The molecule has 0 fully saturated rings. The number of hydrogen-bond donors (Lipinski definition) is 3. The SMILES string of the molecule is CC(C)C(NC(N)=O)C(=O)NCCc1ccc(-n2cccn2)cc1. The van der Waals surface area contributed by atoms with Crippen LogP contribution in [0.15, 0.2) is 42.7 Å². The zero-order valence-corrected chi connectivity index (χ0v) is 13.9. The number of nitrogens with one attached hydrogen (secondary N) is 2. The first-order valence-electron chi connectivity index (χ1n) is 7.90. The molecule has 0 aliphatic rings. The van der Waals surface area contributed by atoms with E-state index in [0.29, 0.717) is 13.0 Å². The number of aromatic nitrogens is 2. The van der Waals surface area contributed by atoms with E-state index in [0.717, 1.165) is 11.3 Å². The summed E-state index contributed by atoms with van der Waals surface area (Å²) in [4.78, 5) is 23.1. The summed E-state index contributed by atoms with van der Waals surface area (Å²) in [6.07, 6.45) is 4.31. The van der Waals surface area contributed by atoms with Crippen LogP contribution >= 0.6 is 0 Å². The van der Waals surface area contributed by atoms with Gasteiger partial charge in [0.25, 0.3) is 0 Å². The number of benzene rings is 1. The van der Waals surface area contributed by atoms with Gasteiger partial charge in [-0.3, -0.25) is 4.79 Å². The maximum atomic E-state index is 12.1. The summed E-state index contributed by atoms with van der Waals surface area (Å²) in [6, 6.07) is 8.53. The minimum Gasteiger partial charge on any atom is -0.354 e. The van der Waals surface area contributed by atoms with Crippen LogP contribution in [0.3, 0.4) is 0 Å². The fourth-order valence-electron chi connectivity index (χ4n) is 2.37. The lowest BCUT2D eigenvalue weighted by atomic mass is 10.0. The predicted octanol–water partition coefficient (Wildman–Crippen LogP) is 1.22. The first-order chi connectivity index (χ1) is 11.5. The topological polar surface area (TPSA) is 102 Å². The Balaban J connectivity index is 1.85. The normalized spacial score (nSPS) is 12.0. The fraction of sp³-hybridized carbons (Fsp3) is 0.353. The van der Waals surface area contributed by atoms with Crippen LogP contribution in [-0.4, -0.2) is 34.3 Å². The summed E-state index contributed by atoms with van der Waals surface area (Å²) in [5.74, 6) is -0.261. The first kappa shape index (κ1) is 17.5. The Bertz CT molecular complexity index is 665. The van der Waals surface area contributed by atoms with Gasteiger partial charge in [0.05, 0.1) is 5.69 Å². The first-order valence-corrected chi connectivity index (χ1v) is 7.90. The van der Waals surface area contributed by atoms with Gasteiger partial charge in [0.15, 0.2) is 0 Å². The molecule has 128 valence electrons. The molecule has 0 saturated carbocycles. The summed E-state index contributed by atoms with van der Waals surface area (Å²) in [6.45, 7) is 4.20. The molecule has 24 heavy (non-hydrogen) atoms. The van der Waals surface area contributed by atoms with Crippen molar-refractivity contribution < 1.29 is 9.59 Å². The number of hydrogen-bond acceptors (Lipinski definition) is 3. The van der Waals surface area contributed by atoms with Crippen molar-refractivity contribution in [1.82, 2.24) is 20.4 Å². The van der Waals surface area contributed by atoms with Crippen LogP contribution in [0.25, 0.3) is 5.69 Å². The highest BCUT2D eigenvalue weighted by Gasteiger charge is 2.22. The molecule has 7 nitrogen and oxygen atoms in total. The second kappa shape index (κ2) is 8.14. The molecule has 3 amide bonds. The molecule has 0 radical (unpaired) electrons. The number of amides is 3. The standard InChI is InChI=1S/C17H23N5O2/c1-12(2)15(21-17(18)24)16(23)19-10-8-13-4-6-14(7-5-13)22-11-3-9-20-22/h3-7,9,11-12,15H,8,10H2,1-2H3,(H,19,23)(H3,18,21,24). The Morgan fingerprint density at radius 2 is 1.96 bits per heavy atom. The van der Waals surface area contributed by atoms with Crippen molar-refractivity contribution in [3.05, 3.63) is 48.3 Å². The third kappa shape index (κ3) is 4.84. The van der Waals surface area contributed by atoms with Crippen LogP contribution in [0.5, 0.6) is 0 Å². The maximum absolute atomic E-state index is 12.1. The molecule has 0 spiro atoms. The molecule has 2 rings (SSSR count). The van der Waals surface area contributed by atoms with E-state index in [-0.39, 0.29) is 11.8 Å². The van der Waals surface area contributed by atoms with Gasteiger partial charge >= 0.3 is 6.03 Å². The number of nitrogens with zero attached hydrogens (tertiary/aromatic N) is 2.